The monoisotopic (exact) mass is 542 g/mol. The molecule has 1 fully saturated rings. The summed E-state index contributed by atoms with van der Waals surface area (Å²) in [5.74, 6) is -1.10. The average Bonchev–Trinajstić information content (AvgIpc) is 3.33. The van der Waals surface area contributed by atoms with E-state index in [1.54, 1.807) is 18.5 Å². The van der Waals surface area contributed by atoms with Crippen LogP contribution in [0.1, 0.15) is 35.8 Å². The van der Waals surface area contributed by atoms with Crippen LogP contribution in [0.4, 0.5) is 0 Å². The summed E-state index contributed by atoms with van der Waals surface area (Å²) in [6.07, 6.45) is 0.458. The van der Waals surface area contributed by atoms with E-state index in [1.807, 2.05) is 13.8 Å². The summed E-state index contributed by atoms with van der Waals surface area (Å²) < 4.78 is 2.33. The maximum atomic E-state index is 13.1. The summed E-state index contributed by atoms with van der Waals surface area (Å²) in [6, 6.07) is -1.42. The number of nitrogens with zero attached hydrogens (tertiary/aromatic N) is 5. The zero-order valence-electron chi connectivity index (χ0n) is 18.9. The van der Waals surface area contributed by atoms with E-state index in [2.05, 4.69) is 20.6 Å². The molecule has 4 rings (SSSR count). The number of halogens is 1. The number of β-lactam (4-membered cyclic amide) rings is 1. The molecule has 10 nitrogen and oxygen atoms in total. The number of aryl methyl sites for hydroxylation is 2. The summed E-state index contributed by atoms with van der Waals surface area (Å²) in [5.41, 5.74) is 1.95. The molecular formula is C20H23ClN6O4S3. The molecular weight excluding hydrogens is 520 g/mol. The third kappa shape index (κ3) is 4.45. The SMILES string of the molecule is CC[C@@H](C(=O)N[C@H]1C(=O)N2C(C(=O)O)=C(CSc3nnc(C)s3)CS[C@H]12)n1nc(C)c(Cl)c1C. The van der Waals surface area contributed by atoms with Crippen molar-refractivity contribution in [3.63, 3.8) is 0 Å². The molecule has 182 valence electrons. The van der Waals surface area contributed by atoms with Crippen molar-refractivity contribution in [1.82, 2.24) is 30.2 Å². The highest BCUT2D eigenvalue weighted by atomic mass is 35.5. The Labute approximate surface area is 213 Å². The first-order valence-corrected chi connectivity index (χ1v) is 13.7. The lowest BCUT2D eigenvalue weighted by Gasteiger charge is -2.49. The van der Waals surface area contributed by atoms with Crippen LogP contribution in [0, 0.1) is 20.8 Å². The summed E-state index contributed by atoms with van der Waals surface area (Å²) in [6.45, 7) is 7.26. The van der Waals surface area contributed by atoms with Crippen molar-refractivity contribution in [2.24, 2.45) is 0 Å². The molecule has 1 saturated heterocycles. The van der Waals surface area contributed by atoms with Gasteiger partial charge in [0.2, 0.25) is 5.91 Å². The highest BCUT2D eigenvalue weighted by molar-refractivity contribution is 8.01. The first kappa shape index (κ1) is 25.0. The fraction of sp³-hybridized carbons (Fsp3) is 0.500. The molecule has 0 aliphatic carbocycles. The lowest BCUT2D eigenvalue weighted by atomic mass is 10.0. The van der Waals surface area contributed by atoms with E-state index in [-0.39, 0.29) is 11.6 Å². The Morgan fingerprint density at radius 2 is 2.06 bits per heavy atom. The van der Waals surface area contributed by atoms with Crippen molar-refractivity contribution < 1.29 is 19.5 Å². The van der Waals surface area contributed by atoms with E-state index in [4.69, 9.17) is 11.6 Å². The molecule has 2 amide bonds. The second-order valence-electron chi connectivity index (χ2n) is 7.88. The number of carbonyl (C=O) groups is 3. The Bertz CT molecular complexity index is 1200. The van der Waals surface area contributed by atoms with Gasteiger partial charge in [-0.2, -0.15) is 5.10 Å². The van der Waals surface area contributed by atoms with Crippen LogP contribution in [-0.4, -0.2) is 70.7 Å². The molecule has 14 heteroatoms. The minimum atomic E-state index is -1.16. The number of nitrogens with one attached hydrogen (secondary N) is 1. The van der Waals surface area contributed by atoms with Crippen molar-refractivity contribution in [2.45, 2.75) is 55.9 Å². The summed E-state index contributed by atoms with van der Waals surface area (Å²) in [7, 11) is 0. The number of thioether (sulfide) groups is 2. The van der Waals surface area contributed by atoms with E-state index in [0.29, 0.717) is 39.9 Å². The number of rotatable bonds is 8. The van der Waals surface area contributed by atoms with Gasteiger partial charge < -0.3 is 10.4 Å². The fourth-order valence-corrected chi connectivity index (χ4v) is 7.37. The van der Waals surface area contributed by atoms with Gasteiger partial charge in [-0.25, -0.2) is 4.79 Å². The van der Waals surface area contributed by atoms with Crippen LogP contribution in [0.5, 0.6) is 0 Å². The Morgan fingerprint density at radius 1 is 1.32 bits per heavy atom. The van der Waals surface area contributed by atoms with Gasteiger partial charge in [-0.3, -0.25) is 19.2 Å². The van der Waals surface area contributed by atoms with E-state index < -0.39 is 29.3 Å². The number of fused-ring (bicyclic) bond motifs is 1. The van der Waals surface area contributed by atoms with Gasteiger partial charge in [-0.05, 0) is 32.8 Å². The van der Waals surface area contributed by atoms with Gasteiger partial charge in [0.25, 0.3) is 5.91 Å². The number of aromatic nitrogens is 4. The molecule has 2 aliphatic heterocycles. The number of amides is 2. The number of carbonyl (C=O) groups excluding carboxylic acids is 2. The van der Waals surface area contributed by atoms with Gasteiger partial charge in [0.05, 0.1) is 16.4 Å². The molecule has 0 unspecified atom stereocenters. The van der Waals surface area contributed by atoms with Crippen LogP contribution in [0.3, 0.4) is 0 Å². The molecule has 2 N–H and O–H groups in total. The van der Waals surface area contributed by atoms with Crippen LogP contribution in [-0.2, 0) is 14.4 Å². The Morgan fingerprint density at radius 3 is 2.62 bits per heavy atom. The number of aliphatic carboxylic acids is 1. The number of carboxylic acid groups (broad SMARTS) is 1. The van der Waals surface area contributed by atoms with Crippen molar-refractivity contribution in [3.8, 4) is 0 Å². The van der Waals surface area contributed by atoms with Gasteiger partial charge in [0.1, 0.15) is 28.2 Å². The second-order valence-corrected chi connectivity index (χ2v) is 11.8. The smallest absolute Gasteiger partial charge is 0.352 e. The van der Waals surface area contributed by atoms with E-state index in [1.165, 1.54) is 39.8 Å². The largest absolute Gasteiger partial charge is 0.477 e. The topological polar surface area (TPSA) is 130 Å². The molecule has 4 heterocycles. The zero-order valence-corrected chi connectivity index (χ0v) is 22.1. The maximum absolute atomic E-state index is 13.1. The summed E-state index contributed by atoms with van der Waals surface area (Å²) in [4.78, 5) is 39.4. The third-order valence-electron chi connectivity index (χ3n) is 5.65. The molecule has 0 radical (unpaired) electrons. The van der Waals surface area contributed by atoms with Crippen molar-refractivity contribution in [3.05, 3.63) is 32.7 Å². The molecule has 2 aromatic rings. The van der Waals surface area contributed by atoms with Crippen molar-refractivity contribution in [2.75, 3.05) is 11.5 Å². The van der Waals surface area contributed by atoms with Crippen LogP contribution < -0.4 is 5.32 Å². The predicted octanol–water partition coefficient (Wildman–Crippen LogP) is 2.80. The minimum absolute atomic E-state index is 0.00893. The Kier molecular flexibility index (Phi) is 7.27. The summed E-state index contributed by atoms with van der Waals surface area (Å²) in [5, 5.41) is 25.9. The molecule has 2 aliphatic rings. The number of hydrogen-bond acceptors (Lipinski definition) is 9. The van der Waals surface area contributed by atoms with Gasteiger partial charge in [-0.15, -0.1) is 22.0 Å². The Hall–Kier alpha value is -2.09. The normalized spacial score (nSPS) is 20.7. The van der Waals surface area contributed by atoms with Crippen LogP contribution in [0.25, 0.3) is 0 Å². The van der Waals surface area contributed by atoms with E-state index in [9.17, 15) is 19.5 Å². The zero-order chi connectivity index (χ0) is 24.7. The highest BCUT2D eigenvalue weighted by Gasteiger charge is 2.54. The third-order valence-corrected chi connectivity index (χ3v) is 9.59. The lowest BCUT2D eigenvalue weighted by molar-refractivity contribution is -0.151. The van der Waals surface area contributed by atoms with Gasteiger partial charge in [0.15, 0.2) is 4.34 Å². The lowest BCUT2D eigenvalue weighted by Crippen LogP contribution is -2.71. The molecule has 0 aromatic carbocycles. The van der Waals surface area contributed by atoms with Crippen LogP contribution >= 0.6 is 46.5 Å². The van der Waals surface area contributed by atoms with E-state index in [0.717, 1.165) is 9.35 Å². The van der Waals surface area contributed by atoms with Gasteiger partial charge in [0, 0.05) is 11.5 Å². The number of hydrogen-bond donors (Lipinski definition) is 2. The molecule has 0 saturated carbocycles. The van der Waals surface area contributed by atoms with Gasteiger partial charge in [-0.1, -0.05) is 41.6 Å². The molecule has 3 atom stereocenters. The molecule has 2 aromatic heterocycles. The standard InChI is InChI=1S/C20H23ClN6O4S3/c1-5-12(27-9(3)13(21)8(2)25-27)16(28)22-14-17(29)26-15(19(30)31)11(6-32-18(14)26)7-33-20-24-23-10(4)34-20/h12,14,18H,5-7H2,1-4H3,(H,22,28)(H,30,31)/t12-,14-,18+/m0/s1. The molecule has 34 heavy (non-hydrogen) atoms. The predicted molar refractivity (Wildman–Crippen MR) is 131 cm³/mol. The minimum Gasteiger partial charge on any atom is -0.477 e. The summed E-state index contributed by atoms with van der Waals surface area (Å²) >= 11 is 10.5. The average molecular weight is 543 g/mol. The van der Waals surface area contributed by atoms with Crippen LogP contribution in [0.2, 0.25) is 5.02 Å². The first-order chi connectivity index (χ1) is 16.1. The van der Waals surface area contributed by atoms with Gasteiger partial charge >= 0.3 is 5.97 Å². The fourth-order valence-electron chi connectivity index (χ4n) is 3.95. The maximum Gasteiger partial charge on any atom is 0.352 e. The van der Waals surface area contributed by atoms with Crippen LogP contribution in [0.15, 0.2) is 15.6 Å². The number of carboxylic acids is 1. The Balaban J connectivity index is 1.48. The van der Waals surface area contributed by atoms with E-state index >= 15 is 0 Å². The quantitative estimate of drug-likeness (QED) is 0.382. The second kappa shape index (κ2) is 9.88. The first-order valence-electron chi connectivity index (χ1n) is 10.5. The molecule has 0 bridgehead atoms. The van der Waals surface area contributed by atoms with Crippen molar-refractivity contribution in [1.29, 1.82) is 0 Å². The highest BCUT2D eigenvalue weighted by Crippen LogP contribution is 2.42. The molecule has 0 spiro atoms. The van der Waals surface area contributed by atoms with Crippen molar-refractivity contribution >= 4 is 64.2 Å².